The molecule has 0 aromatic heterocycles. The van der Waals surface area contributed by atoms with Gasteiger partial charge in [-0.2, -0.15) is 0 Å². The van der Waals surface area contributed by atoms with Gasteiger partial charge in [0.15, 0.2) is 0 Å². The van der Waals surface area contributed by atoms with Gasteiger partial charge in [-0.05, 0) is 41.0 Å². The van der Waals surface area contributed by atoms with Gasteiger partial charge in [0.1, 0.15) is 5.57 Å². The van der Waals surface area contributed by atoms with Crippen LogP contribution in [0.2, 0.25) is 0 Å². The molecule has 98 valence electrons. The molecule has 0 bridgehead atoms. The summed E-state index contributed by atoms with van der Waals surface area (Å²) in [5.41, 5.74) is 2.11. The maximum atomic E-state index is 12.1. The van der Waals surface area contributed by atoms with Crippen molar-refractivity contribution in [3.05, 3.63) is 58.2 Å². The monoisotopic (exact) mass is 268 g/mol. The quantitative estimate of drug-likeness (QED) is 0.797. The highest BCUT2D eigenvalue weighted by molar-refractivity contribution is 6.33. The maximum absolute atomic E-state index is 12.1. The molecular weight excluding hydrogens is 260 g/mol. The lowest BCUT2D eigenvalue weighted by Gasteiger charge is -2.11. The molecule has 0 spiro atoms. The molecule has 0 aliphatic heterocycles. The van der Waals surface area contributed by atoms with Gasteiger partial charge in [0.2, 0.25) is 5.78 Å². The van der Waals surface area contributed by atoms with Crippen LogP contribution in [0.4, 0.5) is 0 Å². The van der Waals surface area contributed by atoms with Crippen molar-refractivity contribution in [3.8, 4) is 0 Å². The van der Waals surface area contributed by atoms with Gasteiger partial charge in [0.25, 0.3) is 0 Å². The second-order valence-corrected chi connectivity index (χ2v) is 4.46. The number of aliphatic carboxylic acids is 1. The first kappa shape index (κ1) is 12.1. The molecule has 2 aliphatic rings. The minimum absolute atomic E-state index is 0.124. The zero-order chi connectivity index (χ0) is 14.4. The van der Waals surface area contributed by atoms with Crippen LogP contribution in [-0.4, -0.2) is 27.9 Å². The van der Waals surface area contributed by atoms with E-state index in [9.17, 15) is 14.4 Å². The highest BCUT2D eigenvalue weighted by atomic mass is 16.4. The summed E-state index contributed by atoms with van der Waals surface area (Å²) in [5.74, 6) is -2.87. The van der Waals surface area contributed by atoms with Crippen LogP contribution in [0.1, 0.15) is 21.5 Å². The van der Waals surface area contributed by atoms with E-state index in [4.69, 9.17) is 10.2 Å². The summed E-state index contributed by atoms with van der Waals surface area (Å²) in [5, 5.41) is 17.9. The largest absolute Gasteiger partial charge is 0.478 e. The number of carbonyl (C=O) groups is 3. The molecule has 0 radical (unpaired) electrons. The van der Waals surface area contributed by atoms with Crippen LogP contribution in [0, 0.1) is 0 Å². The second-order valence-electron chi connectivity index (χ2n) is 4.46. The van der Waals surface area contributed by atoms with E-state index in [1.165, 1.54) is 24.3 Å². The predicted octanol–water partition coefficient (Wildman–Crippen LogP) is 1.76. The number of allylic oxidation sites excluding steroid dienone is 4. The van der Waals surface area contributed by atoms with E-state index in [1.807, 2.05) is 0 Å². The van der Waals surface area contributed by atoms with Crippen molar-refractivity contribution in [1.29, 1.82) is 0 Å². The number of rotatable bonds is 2. The SMILES string of the molecule is O=C(O)C1=CC=C2C(=Cc3cc(C(=O)O)ccc32)C1=O. The van der Waals surface area contributed by atoms with E-state index in [2.05, 4.69) is 0 Å². The van der Waals surface area contributed by atoms with Crippen LogP contribution in [0.25, 0.3) is 11.6 Å². The second kappa shape index (κ2) is 4.03. The fraction of sp³-hybridized carbons (Fsp3) is 0. The number of hydrogen-bond donors (Lipinski definition) is 2. The molecule has 5 nitrogen and oxygen atoms in total. The van der Waals surface area contributed by atoms with Crippen LogP contribution >= 0.6 is 0 Å². The number of fused-ring (bicyclic) bond motifs is 3. The van der Waals surface area contributed by atoms with Crippen LogP contribution in [0.3, 0.4) is 0 Å². The van der Waals surface area contributed by atoms with Crippen LogP contribution in [0.5, 0.6) is 0 Å². The fourth-order valence-corrected chi connectivity index (χ4v) is 2.36. The molecule has 0 atom stereocenters. The van der Waals surface area contributed by atoms with Crippen molar-refractivity contribution in [3.63, 3.8) is 0 Å². The minimum atomic E-state index is -1.27. The number of benzene rings is 1. The molecule has 0 saturated carbocycles. The van der Waals surface area contributed by atoms with Crippen molar-refractivity contribution in [2.45, 2.75) is 0 Å². The third-order valence-corrected chi connectivity index (χ3v) is 3.32. The Hall–Kier alpha value is -2.95. The number of aromatic carboxylic acids is 1. The molecule has 0 amide bonds. The van der Waals surface area contributed by atoms with E-state index in [1.54, 1.807) is 12.1 Å². The van der Waals surface area contributed by atoms with Gasteiger partial charge in [-0.25, -0.2) is 9.59 Å². The first-order valence-electron chi connectivity index (χ1n) is 5.79. The molecular formula is C15H8O5. The number of carboxylic acids is 2. The van der Waals surface area contributed by atoms with Gasteiger partial charge < -0.3 is 10.2 Å². The van der Waals surface area contributed by atoms with Crippen molar-refractivity contribution >= 4 is 29.4 Å². The lowest BCUT2D eigenvalue weighted by Crippen LogP contribution is -2.16. The van der Waals surface area contributed by atoms with Gasteiger partial charge in [-0.1, -0.05) is 12.1 Å². The highest BCUT2D eigenvalue weighted by Crippen LogP contribution is 2.39. The Bertz CT molecular complexity index is 777. The topological polar surface area (TPSA) is 91.7 Å². The van der Waals surface area contributed by atoms with Gasteiger partial charge in [-0.3, -0.25) is 4.79 Å². The summed E-state index contributed by atoms with van der Waals surface area (Å²) in [7, 11) is 0. The van der Waals surface area contributed by atoms with E-state index >= 15 is 0 Å². The summed E-state index contributed by atoms with van der Waals surface area (Å²) in [6.07, 6.45) is 4.38. The molecule has 5 heteroatoms. The number of ketones is 1. The Balaban J connectivity index is 2.14. The summed E-state index contributed by atoms with van der Waals surface area (Å²) in [6.45, 7) is 0. The molecule has 0 heterocycles. The molecule has 2 aliphatic carbocycles. The van der Waals surface area contributed by atoms with E-state index in [0.29, 0.717) is 16.7 Å². The third-order valence-electron chi connectivity index (χ3n) is 3.32. The Morgan fingerprint density at radius 2 is 1.70 bits per heavy atom. The smallest absolute Gasteiger partial charge is 0.339 e. The highest BCUT2D eigenvalue weighted by Gasteiger charge is 2.31. The van der Waals surface area contributed by atoms with Crippen molar-refractivity contribution < 1.29 is 24.6 Å². The molecule has 3 rings (SSSR count). The van der Waals surface area contributed by atoms with Crippen LogP contribution in [-0.2, 0) is 9.59 Å². The first-order valence-corrected chi connectivity index (χ1v) is 5.79. The first-order chi connectivity index (χ1) is 9.49. The third kappa shape index (κ3) is 1.60. The maximum Gasteiger partial charge on any atom is 0.339 e. The lowest BCUT2D eigenvalue weighted by molar-refractivity contribution is -0.134. The fourth-order valence-electron chi connectivity index (χ4n) is 2.36. The van der Waals surface area contributed by atoms with Crippen molar-refractivity contribution in [2.24, 2.45) is 0 Å². The molecule has 2 N–H and O–H groups in total. The Morgan fingerprint density at radius 1 is 0.950 bits per heavy atom. The minimum Gasteiger partial charge on any atom is -0.478 e. The molecule has 1 aromatic rings. The average molecular weight is 268 g/mol. The van der Waals surface area contributed by atoms with Gasteiger partial charge >= 0.3 is 11.9 Å². The molecule has 1 aromatic carbocycles. The van der Waals surface area contributed by atoms with Gasteiger partial charge in [0, 0.05) is 5.57 Å². The molecule has 0 unspecified atom stereocenters. The number of hydrogen-bond acceptors (Lipinski definition) is 3. The van der Waals surface area contributed by atoms with E-state index < -0.39 is 17.7 Å². The van der Waals surface area contributed by atoms with Crippen LogP contribution in [0.15, 0.2) is 41.5 Å². The summed E-state index contributed by atoms with van der Waals surface area (Å²) in [4.78, 5) is 33.9. The Labute approximate surface area is 113 Å². The Kier molecular flexibility index (Phi) is 2.44. The van der Waals surface area contributed by atoms with Gasteiger partial charge in [0.05, 0.1) is 5.56 Å². The molecule has 0 saturated heterocycles. The lowest BCUT2D eigenvalue weighted by atomic mass is 9.91. The molecule has 20 heavy (non-hydrogen) atoms. The van der Waals surface area contributed by atoms with Crippen molar-refractivity contribution in [1.82, 2.24) is 0 Å². The number of Topliss-reactive ketones (excluding diaryl/α,β-unsaturated/α-hetero) is 1. The van der Waals surface area contributed by atoms with Crippen molar-refractivity contribution in [2.75, 3.05) is 0 Å². The zero-order valence-corrected chi connectivity index (χ0v) is 10.1. The van der Waals surface area contributed by atoms with Crippen LogP contribution < -0.4 is 0 Å². The Morgan fingerprint density at radius 3 is 2.35 bits per heavy atom. The number of carboxylic acid groups (broad SMARTS) is 2. The average Bonchev–Trinajstić information content (AvgIpc) is 2.77. The summed E-state index contributed by atoms with van der Waals surface area (Å²) < 4.78 is 0. The van der Waals surface area contributed by atoms with Gasteiger partial charge in [-0.15, -0.1) is 0 Å². The standard InChI is InChI=1S/C15H8O5/c16-13-11(15(19)20)4-3-10-9-2-1-7(14(17)18)5-8(9)6-12(10)13/h1-6H,(H,17,18)(H,19,20). The molecule has 0 fully saturated rings. The normalized spacial score (nSPS) is 15.8. The summed E-state index contributed by atoms with van der Waals surface area (Å²) in [6, 6.07) is 4.55. The van der Waals surface area contributed by atoms with E-state index in [-0.39, 0.29) is 11.1 Å². The number of carbonyl (C=O) groups excluding carboxylic acids is 1. The summed E-state index contributed by atoms with van der Waals surface area (Å²) >= 11 is 0. The predicted molar refractivity (Wildman–Crippen MR) is 70.1 cm³/mol. The zero-order valence-electron chi connectivity index (χ0n) is 10.1. The van der Waals surface area contributed by atoms with E-state index in [0.717, 1.165) is 5.56 Å².